The van der Waals surface area contributed by atoms with Gasteiger partial charge in [0.05, 0.1) is 28.3 Å². The summed E-state index contributed by atoms with van der Waals surface area (Å²) in [6.07, 6.45) is 6.60. The van der Waals surface area contributed by atoms with Crippen LogP contribution in [-0.4, -0.2) is 41.8 Å². The molecule has 0 saturated carbocycles. The van der Waals surface area contributed by atoms with Gasteiger partial charge < -0.3 is 5.11 Å². The maximum Gasteiger partial charge on any atom is 0.354 e. The maximum absolute atomic E-state index is 14.0. The molecule has 1 unspecified atom stereocenters. The van der Waals surface area contributed by atoms with Crippen molar-refractivity contribution < 1.29 is 14.7 Å². The predicted molar refractivity (Wildman–Crippen MR) is 165 cm³/mol. The lowest BCUT2D eigenvalue weighted by atomic mass is 9.79. The molecule has 8 heteroatoms. The molecule has 0 aliphatic heterocycles. The standard InChI is InChI=1S/C36H25N5O3/c42-34-26(20-5-3-18-2-1-13-37-28(18)17-20)11-9-24-14-21-7-8-23-16-25-15-22-6-4-19-10-12-27(36(43)44)38-29(19)31(22)40-35(25)41-32(23)30(21)39-33(24)34/h1-3,5,10,12-17,26H,4,6-9,11H2,(H,43,44). The highest BCUT2D eigenvalue weighted by atomic mass is 16.4. The normalized spacial score (nSPS) is 16.5. The van der Waals surface area contributed by atoms with Gasteiger partial charge in [0.25, 0.3) is 0 Å². The van der Waals surface area contributed by atoms with Crippen LogP contribution in [0.4, 0.5) is 0 Å². The molecule has 8 nitrogen and oxygen atoms in total. The topological polar surface area (TPSA) is 119 Å². The molecule has 0 bridgehead atoms. The fourth-order valence-corrected chi connectivity index (χ4v) is 7.15. The number of nitrogens with zero attached hydrogens (tertiary/aromatic N) is 5. The number of hydrogen-bond donors (Lipinski definition) is 1. The second kappa shape index (κ2) is 9.31. The first-order valence-electron chi connectivity index (χ1n) is 15.0. The van der Waals surface area contributed by atoms with Crippen LogP contribution in [0.15, 0.2) is 66.9 Å². The van der Waals surface area contributed by atoms with E-state index in [0.717, 1.165) is 99.6 Å². The highest BCUT2D eigenvalue weighted by molar-refractivity contribution is 6.02. The largest absolute Gasteiger partial charge is 0.477 e. The van der Waals surface area contributed by atoms with E-state index in [1.165, 1.54) is 0 Å². The molecule has 1 N–H and O–H groups in total. The number of Topliss-reactive ketones (excluding diaryl/α,β-unsaturated/α-hetero) is 1. The monoisotopic (exact) mass is 575 g/mol. The highest BCUT2D eigenvalue weighted by Gasteiger charge is 2.33. The van der Waals surface area contributed by atoms with Crippen LogP contribution >= 0.6 is 0 Å². The highest BCUT2D eigenvalue weighted by Crippen LogP contribution is 2.40. The van der Waals surface area contributed by atoms with Gasteiger partial charge in [-0.2, -0.15) is 0 Å². The number of ketones is 1. The zero-order valence-corrected chi connectivity index (χ0v) is 23.7. The van der Waals surface area contributed by atoms with E-state index >= 15 is 0 Å². The molecule has 0 amide bonds. The minimum absolute atomic E-state index is 0.00252. The summed E-state index contributed by atoms with van der Waals surface area (Å²) in [6, 6.07) is 19.9. The first-order chi connectivity index (χ1) is 21.5. The number of benzene rings is 1. The van der Waals surface area contributed by atoms with E-state index < -0.39 is 5.97 Å². The number of carbonyl (C=O) groups is 2. The van der Waals surface area contributed by atoms with Crippen LogP contribution in [0.2, 0.25) is 0 Å². The summed E-state index contributed by atoms with van der Waals surface area (Å²) in [7, 11) is 0. The van der Waals surface area contributed by atoms with Crippen molar-refractivity contribution in [2.75, 3.05) is 0 Å². The van der Waals surface area contributed by atoms with Crippen LogP contribution < -0.4 is 0 Å². The minimum Gasteiger partial charge on any atom is -0.477 e. The summed E-state index contributed by atoms with van der Waals surface area (Å²) in [5, 5.41) is 11.5. The van der Waals surface area contributed by atoms with E-state index in [9.17, 15) is 14.7 Å². The van der Waals surface area contributed by atoms with Gasteiger partial charge >= 0.3 is 5.97 Å². The number of carbonyl (C=O) groups excluding carboxylic acids is 1. The van der Waals surface area contributed by atoms with Crippen LogP contribution in [-0.2, 0) is 32.1 Å². The molecule has 0 saturated heterocycles. The number of carboxylic acids is 1. The molecule has 0 fully saturated rings. The molecule has 0 spiro atoms. The third-order valence-electron chi connectivity index (χ3n) is 9.40. The second-order valence-corrected chi connectivity index (χ2v) is 12.0. The molecule has 5 heterocycles. The summed E-state index contributed by atoms with van der Waals surface area (Å²) < 4.78 is 0. The van der Waals surface area contributed by atoms with Gasteiger partial charge in [0.1, 0.15) is 11.4 Å². The third-order valence-corrected chi connectivity index (χ3v) is 9.40. The summed E-state index contributed by atoms with van der Waals surface area (Å²) in [5.41, 5.74) is 11.0. The summed E-state index contributed by atoms with van der Waals surface area (Å²) >= 11 is 0. The average Bonchev–Trinajstić information content (AvgIpc) is 3.05. The van der Waals surface area contributed by atoms with Gasteiger partial charge in [-0.15, -0.1) is 0 Å². The van der Waals surface area contributed by atoms with Gasteiger partial charge in [0, 0.05) is 22.9 Å². The number of aryl methyl sites for hydroxylation is 5. The van der Waals surface area contributed by atoms with E-state index in [1.807, 2.05) is 36.4 Å². The Labute approximate surface area is 251 Å². The van der Waals surface area contributed by atoms with Gasteiger partial charge in [0.2, 0.25) is 0 Å². The van der Waals surface area contributed by atoms with Crippen LogP contribution in [0.1, 0.15) is 66.7 Å². The van der Waals surface area contributed by atoms with Crippen molar-refractivity contribution in [3.8, 4) is 22.8 Å². The summed E-state index contributed by atoms with van der Waals surface area (Å²) in [4.78, 5) is 49.6. The molecule has 44 heavy (non-hydrogen) atoms. The van der Waals surface area contributed by atoms with Crippen LogP contribution in [0.3, 0.4) is 0 Å². The van der Waals surface area contributed by atoms with Crippen LogP contribution in [0.5, 0.6) is 0 Å². The van der Waals surface area contributed by atoms with E-state index in [1.54, 1.807) is 12.3 Å². The maximum atomic E-state index is 14.0. The van der Waals surface area contributed by atoms with Crippen molar-refractivity contribution in [3.05, 3.63) is 112 Å². The molecule has 5 aromatic heterocycles. The van der Waals surface area contributed by atoms with Crippen LogP contribution in [0.25, 0.3) is 44.7 Å². The Morgan fingerprint density at radius 3 is 2.11 bits per heavy atom. The van der Waals surface area contributed by atoms with Gasteiger partial charge in [-0.25, -0.2) is 24.7 Å². The molecular weight excluding hydrogens is 550 g/mol. The van der Waals surface area contributed by atoms with Gasteiger partial charge in [-0.3, -0.25) is 9.78 Å². The van der Waals surface area contributed by atoms with Crippen molar-refractivity contribution in [2.24, 2.45) is 0 Å². The number of pyridine rings is 5. The Morgan fingerprint density at radius 1 is 0.659 bits per heavy atom. The van der Waals surface area contributed by atoms with Crippen molar-refractivity contribution in [1.29, 1.82) is 0 Å². The SMILES string of the molecule is O=C(O)c1ccc2c(n1)-c1nc3nc4c(cc3cc1CC2)CCc1cc2c(nc1-4)C(=O)C(c1ccc3cccnc3c1)CC2. The van der Waals surface area contributed by atoms with E-state index in [2.05, 4.69) is 28.2 Å². The zero-order chi connectivity index (χ0) is 29.5. The predicted octanol–water partition coefficient (Wildman–Crippen LogP) is 6.11. The molecule has 212 valence electrons. The smallest absolute Gasteiger partial charge is 0.354 e. The number of hydrogen-bond acceptors (Lipinski definition) is 7. The molecule has 9 rings (SSSR count). The average molecular weight is 576 g/mol. The number of aromatic carboxylic acids is 1. The van der Waals surface area contributed by atoms with Crippen molar-refractivity contribution in [1.82, 2.24) is 24.9 Å². The lowest BCUT2D eigenvalue weighted by Crippen LogP contribution is -2.24. The Bertz CT molecular complexity index is 2260. The molecule has 1 aromatic carbocycles. The van der Waals surface area contributed by atoms with Gasteiger partial charge in [-0.1, -0.05) is 30.3 Å². The Kier molecular flexibility index (Phi) is 5.32. The van der Waals surface area contributed by atoms with E-state index in [4.69, 9.17) is 15.0 Å². The number of rotatable bonds is 2. The molecule has 6 aromatic rings. The lowest BCUT2D eigenvalue weighted by molar-refractivity contribution is 0.0690. The van der Waals surface area contributed by atoms with Crippen molar-refractivity contribution in [2.45, 2.75) is 44.4 Å². The fraction of sp³-hybridized carbons (Fsp3) is 0.194. The van der Waals surface area contributed by atoms with E-state index in [0.29, 0.717) is 22.7 Å². The molecule has 1 atom stereocenters. The minimum atomic E-state index is -1.06. The number of aromatic nitrogens is 5. The first-order valence-corrected chi connectivity index (χ1v) is 15.0. The van der Waals surface area contributed by atoms with Crippen molar-refractivity contribution in [3.63, 3.8) is 0 Å². The fourth-order valence-electron chi connectivity index (χ4n) is 7.15. The van der Waals surface area contributed by atoms with E-state index in [-0.39, 0.29) is 17.4 Å². The summed E-state index contributed by atoms with van der Waals surface area (Å²) in [5.74, 6) is -1.28. The zero-order valence-electron chi connectivity index (χ0n) is 23.7. The summed E-state index contributed by atoms with van der Waals surface area (Å²) in [6.45, 7) is 0. The Morgan fingerprint density at radius 2 is 1.34 bits per heavy atom. The molecule has 0 radical (unpaired) electrons. The van der Waals surface area contributed by atoms with Gasteiger partial charge in [0.15, 0.2) is 11.4 Å². The second-order valence-electron chi connectivity index (χ2n) is 12.0. The van der Waals surface area contributed by atoms with Crippen LogP contribution in [0, 0.1) is 0 Å². The Balaban J connectivity index is 1.14. The quantitative estimate of drug-likeness (QED) is 0.263. The number of carboxylic acid groups (broad SMARTS) is 1. The molecule has 3 aliphatic carbocycles. The lowest BCUT2D eigenvalue weighted by Gasteiger charge is -2.26. The first kappa shape index (κ1) is 25.2. The van der Waals surface area contributed by atoms with Crippen molar-refractivity contribution >= 4 is 33.7 Å². The number of fused-ring (bicyclic) bond motifs is 9. The third kappa shape index (κ3) is 3.80. The molecular formula is C36H25N5O3. The Hall–Kier alpha value is -5.37. The van der Waals surface area contributed by atoms with Gasteiger partial charge in [-0.05, 0) is 102 Å². The molecule has 3 aliphatic rings.